The molecule has 0 aromatic heterocycles. The van der Waals surface area contributed by atoms with Gasteiger partial charge in [-0.3, -0.25) is 4.99 Å². The first-order valence-electron chi connectivity index (χ1n) is 7.10. The summed E-state index contributed by atoms with van der Waals surface area (Å²) in [6.45, 7) is 3.95. The molecule has 3 heteroatoms. The summed E-state index contributed by atoms with van der Waals surface area (Å²) < 4.78 is 0. The van der Waals surface area contributed by atoms with Crippen LogP contribution in [0.2, 0.25) is 0 Å². The van der Waals surface area contributed by atoms with E-state index in [2.05, 4.69) is 4.99 Å². The normalized spacial score (nSPS) is 11.4. The number of rotatable bonds is 2. The predicted octanol–water partition coefficient (Wildman–Crippen LogP) is 4.62. The highest BCUT2D eigenvalue weighted by atomic mass is 16.3. The molecule has 0 aliphatic rings. The minimum Gasteiger partial charge on any atom is -0.507 e. The van der Waals surface area contributed by atoms with Crippen molar-refractivity contribution in [1.29, 1.82) is 0 Å². The van der Waals surface area contributed by atoms with Crippen LogP contribution in [-0.2, 0) is 0 Å². The molecule has 0 atom stereocenters. The van der Waals surface area contributed by atoms with Gasteiger partial charge in [-0.15, -0.1) is 0 Å². The fraction of sp³-hybridized carbons (Fsp3) is 0.105. The highest BCUT2D eigenvalue weighted by Gasteiger charge is 2.07. The molecule has 0 radical (unpaired) electrons. The number of fused-ring (bicyclic) bond motifs is 1. The van der Waals surface area contributed by atoms with Crippen LogP contribution in [0.25, 0.3) is 10.8 Å². The van der Waals surface area contributed by atoms with E-state index in [1.54, 1.807) is 30.5 Å². The third-order valence-corrected chi connectivity index (χ3v) is 3.58. The molecular formula is C19H17NO2. The second-order valence-electron chi connectivity index (χ2n) is 5.48. The van der Waals surface area contributed by atoms with Crippen molar-refractivity contribution in [2.24, 2.45) is 4.99 Å². The zero-order chi connectivity index (χ0) is 15.7. The van der Waals surface area contributed by atoms with Crippen molar-refractivity contribution in [2.75, 3.05) is 0 Å². The summed E-state index contributed by atoms with van der Waals surface area (Å²) in [5.74, 6) is 0.405. The maximum atomic E-state index is 10.3. The summed E-state index contributed by atoms with van der Waals surface area (Å²) >= 11 is 0. The molecule has 0 spiro atoms. The van der Waals surface area contributed by atoms with E-state index in [1.807, 2.05) is 38.1 Å². The fourth-order valence-electron chi connectivity index (χ4n) is 2.60. The standard InChI is InChI=1S/C19H17NO2/c1-12-7-15-8-13(2)10-18(22)19(15)16(9-12)20-11-14-5-3-4-6-17(14)21/h3-11,21-22H,1-2H3/b20-11+. The molecule has 0 heterocycles. The summed E-state index contributed by atoms with van der Waals surface area (Å²) in [4.78, 5) is 4.47. The Balaban J connectivity index is 2.17. The first-order valence-corrected chi connectivity index (χ1v) is 7.10. The Bertz CT molecular complexity index is 877. The molecule has 0 saturated carbocycles. The molecule has 0 saturated heterocycles. The largest absolute Gasteiger partial charge is 0.507 e. The second kappa shape index (κ2) is 5.53. The number of hydrogen-bond donors (Lipinski definition) is 2. The van der Waals surface area contributed by atoms with Gasteiger partial charge in [0.25, 0.3) is 0 Å². The summed E-state index contributed by atoms with van der Waals surface area (Å²) in [5, 5.41) is 21.7. The molecule has 22 heavy (non-hydrogen) atoms. The average molecular weight is 291 g/mol. The molecule has 0 bridgehead atoms. The van der Waals surface area contributed by atoms with Crippen molar-refractivity contribution in [3.05, 3.63) is 65.2 Å². The SMILES string of the molecule is Cc1cc(O)c2c(/N=C/c3ccccc3O)cc(C)cc2c1. The Morgan fingerprint density at radius 1 is 0.864 bits per heavy atom. The highest BCUT2D eigenvalue weighted by Crippen LogP contribution is 2.35. The van der Waals surface area contributed by atoms with Crippen molar-refractivity contribution in [1.82, 2.24) is 0 Å². The van der Waals surface area contributed by atoms with E-state index >= 15 is 0 Å². The van der Waals surface area contributed by atoms with E-state index < -0.39 is 0 Å². The minimum atomic E-state index is 0.184. The van der Waals surface area contributed by atoms with Crippen LogP contribution in [0.5, 0.6) is 11.5 Å². The Morgan fingerprint density at radius 2 is 1.55 bits per heavy atom. The van der Waals surface area contributed by atoms with Crippen LogP contribution in [0.3, 0.4) is 0 Å². The van der Waals surface area contributed by atoms with E-state index in [-0.39, 0.29) is 11.5 Å². The van der Waals surface area contributed by atoms with Crippen LogP contribution in [-0.4, -0.2) is 16.4 Å². The van der Waals surface area contributed by atoms with Crippen LogP contribution in [0.1, 0.15) is 16.7 Å². The molecule has 0 fully saturated rings. The van der Waals surface area contributed by atoms with Crippen molar-refractivity contribution in [2.45, 2.75) is 13.8 Å². The van der Waals surface area contributed by atoms with Crippen LogP contribution < -0.4 is 0 Å². The molecule has 0 unspecified atom stereocenters. The Kier molecular flexibility index (Phi) is 3.55. The van der Waals surface area contributed by atoms with Crippen LogP contribution in [0.4, 0.5) is 5.69 Å². The molecular weight excluding hydrogens is 274 g/mol. The highest BCUT2D eigenvalue weighted by molar-refractivity contribution is 6.00. The van der Waals surface area contributed by atoms with Gasteiger partial charge in [0.15, 0.2) is 0 Å². The smallest absolute Gasteiger partial charge is 0.125 e. The van der Waals surface area contributed by atoms with Crippen LogP contribution >= 0.6 is 0 Å². The number of aromatic hydroxyl groups is 2. The van der Waals surface area contributed by atoms with Crippen molar-refractivity contribution in [3.63, 3.8) is 0 Å². The van der Waals surface area contributed by atoms with Gasteiger partial charge in [0.2, 0.25) is 0 Å². The maximum Gasteiger partial charge on any atom is 0.125 e. The number of nitrogens with zero attached hydrogens (tertiary/aromatic N) is 1. The van der Waals surface area contributed by atoms with E-state index in [4.69, 9.17) is 0 Å². The number of aryl methyl sites for hydroxylation is 2. The predicted molar refractivity (Wildman–Crippen MR) is 90.4 cm³/mol. The number of hydrogen-bond acceptors (Lipinski definition) is 3. The van der Waals surface area contributed by atoms with Gasteiger partial charge < -0.3 is 10.2 Å². The molecule has 0 aliphatic heterocycles. The lowest BCUT2D eigenvalue weighted by Gasteiger charge is -2.08. The lowest BCUT2D eigenvalue weighted by Crippen LogP contribution is -1.84. The van der Waals surface area contributed by atoms with Gasteiger partial charge in [0, 0.05) is 17.2 Å². The number of phenolic OH excluding ortho intramolecular Hbond substituents is 2. The first-order chi connectivity index (χ1) is 10.5. The number of aliphatic imine (C=N–C) groups is 1. The third-order valence-electron chi connectivity index (χ3n) is 3.58. The third kappa shape index (κ3) is 2.66. The topological polar surface area (TPSA) is 52.8 Å². The van der Waals surface area contributed by atoms with Crippen molar-refractivity contribution in [3.8, 4) is 11.5 Å². The monoisotopic (exact) mass is 291 g/mol. The Hall–Kier alpha value is -2.81. The summed E-state index contributed by atoms with van der Waals surface area (Å²) in [7, 11) is 0. The molecule has 110 valence electrons. The van der Waals surface area contributed by atoms with Crippen LogP contribution in [0.15, 0.2) is 53.5 Å². The molecule has 3 nitrogen and oxygen atoms in total. The maximum absolute atomic E-state index is 10.3. The minimum absolute atomic E-state index is 0.184. The second-order valence-corrected chi connectivity index (χ2v) is 5.48. The van der Waals surface area contributed by atoms with E-state index in [9.17, 15) is 10.2 Å². The van der Waals surface area contributed by atoms with E-state index in [0.717, 1.165) is 21.9 Å². The van der Waals surface area contributed by atoms with Gasteiger partial charge in [-0.2, -0.15) is 0 Å². The Labute approximate surface area is 129 Å². The van der Waals surface area contributed by atoms with Crippen molar-refractivity contribution < 1.29 is 10.2 Å². The molecule has 0 amide bonds. The van der Waals surface area contributed by atoms with E-state index in [0.29, 0.717) is 11.3 Å². The molecule has 0 aliphatic carbocycles. The van der Waals surface area contributed by atoms with Gasteiger partial charge in [-0.25, -0.2) is 0 Å². The summed E-state index contributed by atoms with van der Waals surface area (Å²) in [6, 6.07) is 14.7. The zero-order valence-corrected chi connectivity index (χ0v) is 12.5. The summed E-state index contributed by atoms with van der Waals surface area (Å²) in [5.41, 5.74) is 3.41. The van der Waals surface area contributed by atoms with E-state index in [1.165, 1.54) is 0 Å². The quantitative estimate of drug-likeness (QED) is 0.677. The van der Waals surface area contributed by atoms with Gasteiger partial charge >= 0.3 is 0 Å². The lowest BCUT2D eigenvalue weighted by molar-refractivity contribution is 0.474. The number of benzene rings is 3. The van der Waals surface area contributed by atoms with Gasteiger partial charge in [0.05, 0.1) is 5.69 Å². The van der Waals surface area contributed by atoms with Crippen LogP contribution in [0, 0.1) is 13.8 Å². The van der Waals surface area contributed by atoms with Gasteiger partial charge in [0.1, 0.15) is 11.5 Å². The number of para-hydroxylation sites is 1. The van der Waals surface area contributed by atoms with Gasteiger partial charge in [-0.05, 0) is 54.6 Å². The Morgan fingerprint density at radius 3 is 2.27 bits per heavy atom. The fourth-order valence-corrected chi connectivity index (χ4v) is 2.60. The molecule has 3 rings (SSSR count). The molecule has 3 aromatic carbocycles. The molecule has 3 aromatic rings. The zero-order valence-electron chi connectivity index (χ0n) is 12.5. The lowest BCUT2D eigenvalue weighted by atomic mass is 10.0. The molecule has 2 N–H and O–H groups in total. The van der Waals surface area contributed by atoms with Gasteiger partial charge in [-0.1, -0.05) is 24.3 Å². The number of phenols is 2. The van der Waals surface area contributed by atoms with Crippen molar-refractivity contribution >= 4 is 22.7 Å². The first kappa shape index (κ1) is 14.1. The summed E-state index contributed by atoms with van der Waals surface area (Å²) in [6.07, 6.45) is 1.61. The average Bonchev–Trinajstić information content (AvgIpc) is 2.45.